The molecule has 0 heterocycles. The van der Waals surface area contributed by atoms with Crippen LogP contribution in [-0.2, 0) is 9.53 Å². The predicted molar refractivity (Wildman–Crippen MR) is 120 cm³/mol. The Morgan fingerprint density at radius 3 is 2.26 bits per heavy atom. The third-order valence-corrected chi connectivity index (χ3v) is 4.51. The Bertz CT molecular complexity index is 1150. The highest BCUT2D eigenvalue weighted by Crippen LogP contribution is 2.18. The van der Waals surface area contributed by atoms with E-state index >= 15 is 0 Å². The van der Waals surface area contributed by atoms with Gasteiger partial charge < -0.3 is 14.8 Å². The molecule has 31 heavy (non-hydrogen) atoms. The van der Waals surface area contributed by atoms with Crippen LogP contribution in [0.3, 0.4) is 0 Å². The van der Waals surface area contributed by atoms with Gasteiger partial charge in [-0.2, -0.15) is 0 Å². The fraction of sp³-hybridized carbons (Fsp3) is 0.120. The maximum Gasteiger partial charge on any atom is 0.337 e. The van der Waals surface area contributed by atoms with E-state index in [-0.39, 0.29) is 5.91 Å². The summed E-state index contributed by atoms with van der Waals surface area (Å²) in [5.74, 6) is 5.91. The maximum absolute atomic E-state index is 12.5. The lowest BCUT2D eigenvalue weighted by Gasteiger charge is -2.15. The molecule has 0 fully saturated rings. The number of halogens is 1. The van der Waals surface area contributed by atoms with Gasteiger partial charge in [0.05, 0.1) is 12.7 Å². The molecule has 0 aromatic heterocycles. The molecule has 0 saturated carbocycles. The standard InChI is InChI=1S/C25H20ClNO4/c1-17(31-23-13-11-21(26)12-14-23)24(28)27-22-8-4-6-19(16-22)10-9-18-5-3-7-20(15-18)25(29)30-2/h3-8,11-17H,1-2H3,(H,27,28). The van der Waals surface area contributed by atoms with Crippen molar-refractivity contribution in [1.82, 2.24) is 0 Å². The fourth-order valence-corrected chi connectivity index (χ4v) is 2.80. The van der Waals surface area contributed by atoms with Crippen molar-refractivity contribution in [1.29, 1.82) is 0 Å². The van der Waals surface area contributed by atoms with Gasteiger partial charge in [0, 0.05) is 21.8 Å². The second kappa shape index (κ2) is 10.3. The van der Waals surface area contributed by atoms with Crippen LogP contribution in [0.5, 0.6) is 5.75 Å². The minimum absolute atomic E-state index is 0.286. The summed E-state index contributed by atoms with van der Waals surface area (Å²) in [5, 5.41) is 3.42. The topological polar surface area (TPSA) is 64.6 Å². The second-order valence-electron chi connectivity index (χ2n) is 6.61. The molecule has 1 unspecified atom stereocenters. The first kappa shape index (κ1) is 21.9. The van der Waals surface area contributed by atoms with Crippen molar-refractivity contribution >= 4 is 29.2 Å². The van der Waals surface area contributed by atoms with E-state index in [1.165, 1.54) is 7.11 Å². The van der Waals surface area contributed by atoms with Gasteiger partial charge >= 0.3 is 5.97 Å². The van der Waals surface area contributed by atoms with Gasteiger partial charge in [-0.15, -0.1) is 0 Å². The van der Waals surface area contributed by atoms with Gasteiger partial charge in [-0.1, -0.05) is 35.6 Å². The van der Waals surface area contributed by atoms with Crippen molar-refractivity contribution in [2.45, 2.75) is 13.0 Å². The van der Waals surface area contributed by atoms with Crippen molar-refractivity contribution in [2.24, 2.45) is 0 Å². The number of methoxy groups -OCH3 is 1. The van der Waals surface area contributed by atoms with Gasteiger partial charge in [0.15, 0.2) is 6.10 Å². The molecular formula is C25H20ClNO4. The zero-order chi connectivity index (χ0) is 22.2. The van der Waals surface area contributed by atoms with Gasteiger partial charge in [0.25, 0.3) is 5.91 Å². The van der Waals surface area contributed by atoms with Crippen LogP contribution >= 0.6 is 11.6 Å². The summed E-state index contributed by atoms with van der Waals surface area (Å²) in [6, 6.07) is 20.9. The van der Waals surface area contributed by atoms with E-state index in [2.05, 4.69) is 17.2 Å². The van der Waals surface area contributed by atoms with Crippen LogP contribution in [0.15, 0.2) is 72.8 Å². The minimum atomic E-state index is -0.697. The van der Waals surface area contributed by atoms with Crippen molar-refractivity contribution in [3.05, 3.63) is 94.5 Å². The summed E-state index contributed by atoms with van der Waals surface area (Å²) in [5.41, 5.74) is 2.44. The summed E-state index contributed by atoms with van der Waals surface area (Å²) in [6.07, 6.45) is -0.697. The zero-order valence-electron chi connectivity index (χ0n) is 17.0. The number of ether oxygens (including phenoxy) is 2. The smallest absolute Gasteiger partial charge is 0.337 e. The number of rotatable bonds is 5. The van der Waals surface area contributed by atoms with E-state index in [1.54, 1.807) is 73.7 Å². The normalized spacial score (nSPS) is 10.9. The number of hydrogen-bond acceptors (Lipinski definition) is 4. The molecule has 1 N–H and O–H groups in total. The predicted octanol–water partition coefficient (Wildman–Crippen LogP) is 4.93. The SMILES string of the molecule is COC(=O)c1cccc(C#Cc2cccc(NC(=O)C(C)Oc3ccc(Cl)cc3)c2)c1. The Balaban J connectivity index is 1.67. The highest BCUT2D eigenvalue weighted by Gasteiger charge is 2.15. The van der Waals surface area contributed by atoms with E-state index in [0.29, 0.717) is 33.1 Å². The van der Waals surface area contributed by atoms with Gasteiger partial charge in [0.1, 0.15) is 5.75 Å². The number of esters is 1. The highest BCUT2D eigenvalue weighted by atomic mass is 35.5. The third-order valence-electron chi connectivity index (χ3n) is 4.26. The quantitative estimate of drug-likeness (QED) is 0.457. The summed E-state index contributed by atoms with van der Waals surface area (Å²) in [6.45, 7) is 1.67. The molecule has 3 rings (SSSR count). The summed E-state index contributed by atoms with van der Waals surface area (Å²) < 4.78 is 10.4. The number of carbonyl (C=O) groups is 2. The molecule has 0 saturated heterocycles. The Morgan fingerprint density at radius 2 is 1.58 bits per heavy atom. The first-order valence-electron chi connectivity index (χ1n) is 9.48. The summed E-state index contributed by atoms with van der Waals surface area (Å²) in [7, 11) is 1.34. The Hall–Kier alpha value is -3.75. The van der Waals surface area contributed by atoms with E-state index in [1.807, 2.05) is 6.07 Å². The molecule has 0 aliphatic heterocycles. The first-order chi connectivity index (χ1) is 14.9. The molecule has 3 aromatic rings. The number of nitrogens with one attached hydrogen (secondary N) is 1. The largest absolute Gasteiger partial charge is 0.481 e. The van der Waals surface area contributed by atoms with Crippen LogP contribution in [-0.4, -0.2) is 25.1 Å². The van der Waals surface area contributed by atoms with Crippen LogP contribution in [0.25, 0.3) is 0 Å². The minimum Gasteiger partial charge on any atom is -0.481 e. The third kappa shape index (κ3) is 6.36. The number of anilines is 1. The number of amides is 1. The van der Waals surface area contributed by atoms with Crippen molar-refractivity contribution in [3.8, 4) is 17.6 Å². The summed E-state index contributed by atoms with van der Waals surface area (Å²) >= 11 is 5.86. The number of carbonyl (C=O) groups excluding carboxylic acids is 2. The monoisotopic (exact) mass is 433 g/mol. The van der Waals surface area contributed by atoms with Crippen molar-refractivity contribution < 1.29 is 19.1 Å². The van der Waals surface area contributed by atoms with Crippen LogP contribution in [0.4, 0.5) is 5.69 Å². The lowest BCUT2D eigenvalue weighted by molar-refractivity contribution is -0.122. The fourth-order valence-electron chi connectivity index (χ4n) is 2.68. The molecule has 0 aliphatic carbocycles. The van der Waals surface area contributed by atoms with E-state index in [4.69, 9.17) is 21.1 Å². The van der Waals surface area contributed by atoms with Crippen LogP contribution in [0.2, 0.25) is 5.02 Å². The molecule has 0 radical (unpaired) electrons. The Kier molecular flexibility index (Phi) is 7.31. The molecule has 1 atom stereocenters. The molecule has 156 valence electrons. The highest BCUT2D eigenvalue weighted by molar-refractivity contribution is 6.30. The maximum atomic E-state index is 12.5. The van der Waals surface area contributed by atoms with Crippen molar-refractivity contribution in [2.75, 3.05) is 12.4 Å². The molecular weight excluding hydrogens is 414 g/mol. The van der Waals surface area contributed by atoms with Crippen LogP contribution < -0.4 is 10.1 Å². The van der Waals surface area contributed by atoms with E-state index in [0.717, 1.165) is 0 Å². The lowest BCUT2D eigenvalue weighted by Crippen LogP contribution is -2.30. The molecule has 1 amide bonds. The second-order valence-corrected chi connectivity index (χ2v) is 7.04. The molecule has 5 nitrogen and oxygen atoms in total. The summed E-state index contributed by atoms with van der Waals surface area (Å²) in [4.78, 5) is 24.1. The zero-order valence-corrected chi connectivity index (χ0v) is 17.8. The van der Waals surface area contributed by atoms with Crippen LogP contribution in [0, 0.1) is 11.8 Å². The average Bonchev–Trinajstić information content (AvgIpc) is 2.79. The van der Waals surface area contributed by atoms with Gasteiger partial charge in [-0.3, -0.25) is 4.79 Å². The van der Waals surface area contributed by atoms with Crippen LogP contribution in [0.1, 0.15) is 28.4 Å². The molecule has 3 aromatic carbocycles. The lowest BCUT2D eigenvalue weighted by atomic mass is 10.1. The molecule has 0 aliphatic rings. The number of hydrogen-bond donors (Lipinski definition) is 1. The van der Waals surface area contributed by atoms with E-state index in [9.17, 15) is 9.59 Å². The van der Waals surface area contributed by atoms with Gasteiger partial charge in [-0.05, 0) is 67.6 Å². The van der Waals surface area contributed by atoms with E-state index < -0.39 is 12.1 Å². The average molecular weight is 434 g/mol. The first-order valence-corrected chi connectivity index (χ1v) is 9.86. The molecule has 6 heteroatoms. The van der Waals surface area contributed by atoms with Gasteiger partial charge in [-0.25, -0.2) is 4.79 Å². The van der Waals surface area contributed by atoms with Crippen molar-refractivity contribution in [3.63, 3.8) is 0 Å². The van der Waals surface area contributed by atoms with Gasteiger partial charge in [0.2, 0.25) is 0 Å². The molecule has 0 bridgehead atoms. The Labute approximate surface area is 186 Å². The number of benzene rings is 3. The molecule has 0 spiro atoms. The Morgan fingerprint density at radius 1 is 0.935 bits per heavy atom.